The minimum Gasteiger partial charge on any atom is -0.395 e. The van der Waals surface area contributed by atoms with E-state index in [2.05, 4.69) is 12.1 Å². The molecule has 0 unspecified atom stereocenters. The number of unbranched alkanes of at least 4 members (excludes halogenated alkanes) is 1. The Hall–Kier alpha value is -0.570. The van der Waals surface area contributed by atoms with E-state index in [1.165, 1.54) is 0 Å². The lowest BCUT2D eigenvalue weighted by Crippen LogP contribution is -2.05. The summed E-state index contributed by atoms with van der Waals surface area (Å²) < 4.78 is 0. The zero-order valence-corrected chi connectivity index (χ0v) is 5.84. The minimum absolute atomic E-state index is 0.514. The van der Waals surface area contributed by atoms with E-state index in [-0.39, 0.29) is 0 Å². The van der Waals surface area contributed by atoms with Gasteiger partial charge in [-0.15, -0.1) is 0 Å². The van der Waals surface area contributed by atoms with Gasteiger partial charge in [0.25, 0.3) is 0 Å². The molecule has 0 aromatic rings. The zero-order chi connectivity index (χ0) is 6.95. The van der Waals surface area contributed by atoms with Crippen LogP contribution in [0.5, 0.6) is 0 Å². The van der Waals surface area contributed by atoms with Crippen LogP contribution in [0.4, 0.5) is 0 Å². The van der Waals surface area contributed by atoms with Gasteiger partial charge in [0.1, 0.15) is 6.61 Å². The minimum atomic E-state index is 0.514. The highest BCUT2D eigenvalue weighted by Crippen LogP contribution is 1.81. The molecular formula is C6H14N2O. The van der Waals surface area contributed by atoms with Crippen molar-refractivity contribution in [3.05, 3.63) is 0 Å². The van der Waals surface area contributed by atoms with Gasteiger partial charge in [-0.3, -0.25) is 0 Å². The van der Waals surface area contributed by atoms with E-state index in [4.69, 9.17) is 10.6 Å². The molecule has 0 amide bonds. The third kappa shape index (κ3) is 7.43. The SMILES string of the molecule is CCC/C=N/OCCN. The van der Waals surface area contributed by atoms with E-state index >= 15 is 0 Å². The Balaban J connectivity index is 2.86. The zero-order valence-electron chi connectivity index (χ0n) is 5.84. The Labute approximate surface area is 55.9 Å². The number of hydrogen-bond acceptors (Lipinski definition) is 3. The van der Waals surface area contributed by atoms with E-state index in [9.17, 15) is 0 Å². The van der Waals surface area contributed by atoms with E-state index in [1.54, 1.807) is 6.21 Å². The van der Waals surface area contributed by atoms with Crippen molar-refractivity contribution in [2.75, 3.05) is 13.2 Å². The second-order valence-corrected chi connectivity index (χ2v) is 1.70. The van der Waals surface area contributed by atoms with Crippen LogP contribution in [-0.4, -0.2) is 19.4 Å². The van der Waals surface area contributed by atoms with Crippen LogP contribution in [0.1, 0.15) is 19.8 Å². The fourth-order valence-corrected chi connectivity index (χ4v) is 0.340. The smallest absolute Gasteiger partial charge is 0.129 e. The highest BCUT2D eigenvalue weighted by atomic mass is 16.6. The molecule has 0 saturated carbocycles. The first kappa shape index (κ1) is 8.43. The molecule has 0 aliphatic heterocycles. The van der Waals surface area contributed by atoms with Crippen molar-refractivity contribution >= 4 is 6.21 Å². The molecule has 2 N–H and O–H groups in total. The summed E-state index contributed by atoms with van der Waals surface area (Å²) in [7, 11) is 0. The van der Waals surface area contributed by atoms with Gasteiger partial charge in [-0.1, -0.05) is 18.5 Å². The Morgan fingerprint density at radius 1 is 1.67 bits per heavy atom. The van der Waals surface area contributed by atoms with Crippen LogP contribution in [-0.2, 0) is 4.84 Å². The Kier molecular flexibility index (Phi) is 6.96. The van der Waals surface area contributed by atoms with Crippen LogP contribution in [0.3, 0.4) is 0 Å². The van der Waals surface area contributed by atoms with Crippen molar-refractivity contribution in [3.63, 3.8) is 0 Å². The highest BCUT2D eigenvalue weighted by molar-refractivity contribution is 5.55. The number of hydrogen-bond donors (Lipinski definition) is 1. The maximum absolute atomic E-state index is 5.14. The number of rotatable bonds is 5. The van der Waals surface area contributed by atoms with Gasteiger partial charge in [0.15, 0.2) is 0 Å². The van der Waals surface area contributed by atoms with Crippen molar-refractivity contribution in [2.45, 2.75) is 19.8 Å². The highest BCUT2D eigenvalue weighted by Gasteiger charge is 1.75. The predicted octanol–water partition coefficient (Wildman–Crippen LogP) is 0.748. The molecule has 3 nitrogen and oxygen atoms in total. The molecule has 0 bridgehead atoms. The van der Waals surface area contributed by atoms with Crippen LogP contribution in [0.25, 0.3) is 0 Å². The molecule has 3 heteroatoms. The van der Waals surface area contributed by atoms with Gasteiger partial charge < -0.3 is 10.6 Å². The molecule has 0 saturated heterocycles. The lowest BCUT2D eigenvalue weighted by Gasteiger charge is -1.91. The van der Waals surface area contributed by atoms with Crippen LogP contribution < -0.4 is 5.73 Å². The molecule has 0 aliphatic rings. The summed E-state index contributed by atoms with van der Waals surface area (Å²) >= 11 is 0. The maximum Gasteiger partial charge on any atom is 0.129 e. The van der Waals surface area contributed by atoms with Crippen LogP contribution in [0.15, 0.2) is 5.16 Å². The first-order valence-corrected chi connectivity index (χ1v) is 3.25. The fraction of sp³-hybridized carbons (Fsp3) is 0.833. The summed E-state index contributed by atoms with van der Waals surface area (Å²) in [6.07, 6.45) is 3.84. The average Bonchev–Trinajstić information content (AvgIpc) is 1.89. The lowest BCUT2D eigenvalue weighted by atomic mass is 10.4. The predicted molar refractivity (Wildman–Crippen MR) is 38.4 cm³/mol. The topological polar surface area (TPSA) is 47.6 Å². The molecule has 0 rings (SSSR count). The lowest BCUT2D eigenvalue weighted by molar-refractivity contribution is 0.153. The largest absolute Gasteiger partial charge is 0.395 e. The van der Waals surface area contributed by atoms with Crippen LogP contribution in [0, 0.1) is 0 Å². The molecule has 0 spiro atoms. The number of nitrogens with zero attached hydrogens (tertiary/aromatic N) is 1. The summed E-state index contributed by atoms with van der Waals surface area (Å²) in [4.78, 5) is 4.73. The van der Waals surface area contributed by atoms with Gasteiger partial charge in [-0.2, -0.15) is 0 Å². The van der Waals surface area contributed by atoms with E-state index in [0.29, 0.717) is 13.2 Å². The molecular weight excluding hydrogens is 116 g/mol. The first-order valence-electron chi connectivity index (χ1n) is 3.25. The van der Waals surface area contributed by atoms with Crippen molar-refractivity contribution in [1.82, 2.24) is 0 Å². The molecule has 0 aliphatic carbocycles. The Morgan fingerprint density at radius 3 is 3.00 bits per heavy atom. The van der Waals surface area contributed by atoms with Crippen molar-refractivity contribution < 1.29 is 4.84 Å². The van der Waals surface area contributed by atoms with Gasteiger partial charge in [0.2, 0.25) is 0 Å². The quantitative estimate of drug-likeness (QED) is 0.339. The number of nitrogens with two attached hydrogens (primary N) is 1. The summed E-state index contributed by atoms with van der Waals surface area (Å²) in [6, 6.07) is 0. The Bertz CT molecular complexity index is 73.5. The molecule has 0 radical (unpaired) electrons. The second kappa shape index (κ2) is 7.43. The van der Waals surface area contributed by atoms with Crippen molar-refractivity contribution in [2.24, 2.45) is 10.9 Å². The Morgan fingerprint density at radius 2 is 2.44 bits per heavy atom. The summed E-state index contributed by atoms with van der Waals surface area (Å²) in [6.45, 7) is 3.14. The van der Waals surface area contributed by atoms with Gasteiger partial charge in [0.05, 0.1) is 0 Å². The monoisotopic (exact) mass is 130 g/mol. The van der Waals surface area contributed by atoms with Gasteiger partial charge >= 0.3 is 0 Å². The normalized spacial score (nSPS) is 10.4. The first-order chi connectivity index (χ1) is 4.41. The summed E-state index contributed by atoms with van der Waals surface area (Å²) in [5.74, 6) is 0. The molecule has 54 valence electrons. The summed E-state index contributed by atoms with van der Waals surface area (Å²) in [5.41, 5.74) is 5.14. The standard InChI is InChI=1S/C6H14N2O/c1-2-3-5-8-9-6-4-7/h5H,2-4,6-7H2,1H3/b8-5+. The third-order valence-electron chi connectivity index (χ3n) is 0.776. The molecule has 9 heavy (non-hydrogen) atoms. The van der Waals surface area contributed by atoms with E-state index in [1.807, 2.05) is 0 Å². The average molecular weight is 130 g/mol. The fourth-order valence-electron chi connectivity index (χ4n) is 0.340. The van der Waals surface area contributed by atoms with Gasteiger partial charge in [-0.25, -0.2) is 0 Å². The molecule has 0 aromatic heterocycles. The second-order valence-electron chi connectivity index (χ2n) is 1.70. The van der Waals surface area contributed by atoms with Gasteiger partial charge in [0, 0.05) is 12.8 Å². The van der Waals surface area contributed by atoms with E-state index < -0.39 is 0 Å². The van der Waals surface area contributed by atoms with Crippen molar-refractivity contribution in [1.29, 1.82) is 0 Å². The summed E-state index contributed by atoms with van der Waals surface area (Å²) in [5, 5.41) is 3.65. The van der Waals surface area contributed by atoms with Gasteiger partial charge in [-0.05, 0) is 6.42 Å². The van der Waals surface area contributed by atoms with Crippen LogP contribution in [0.2, 0.25) is 0 Å². The molecule has 0 fully saturated rings. The van der Waals surface area contributed by atoms with Crippen molar-refractivity contribution in [3.8, 4) is 0 Å². The van der Waals surface area contributed by atoms with E-state index in [0.717, 1.165) is 12.8 Å². The maximum atomic E-state index is 5.14. The molecule has 0 heterocycles. The molecule has 0 aromatic carbocycles. The molecule has 0 atom stereocenters. The number of oxime groups is 1. The third-order valence-corrected chi connectivity index (χ3v) is 0.776. The van der Waals surface area contributed by atoms with Crippen LogP contribution >= 0.6 is 0 Å².